The van der Waals surface area contributed by atoms with Gasteiger partial charge in [0.25, 0.3) is 0 Å². The predicted octanol–water partition coefficient (Wildman–Crippen LogP) is 4.44. The van der Waals surface area contributed by atoms with Crippen LogP contribution < -0.4 is 4.74 Å². The van der Waals surface area contributed by atoms with E-state index >= 15 is 0 Å². The zero-order valence-corrected chi connectivity index (χ0v) is 21.6. The molecule has 0 unspecified atom stereocenters. The predicted molar refractivity (Wildman–Crippen MR) is 134 cm³/mol. The third-order valence-corrected chi connectivity index (χ3v) is 7.88. The number of ether oxygens (including phenoxy) is 5. The minimum Gasteiger partial charge on any atom is -0.497 e. The Morgan fingerprint density at radius 2 is 1.97 bits per heavy atom. The van der Waals surface area contributed by atoms with Gasteiger partial charge in [0.1, 0.15) is 35.5 Å². The van der Waals surface area contributed by atoms with Crippen molar-refractivity contribution in [3.63, 3.8) is 0 Å². The summed E-state index contributed by atoms with van der Waals surface area (Å²) in [6.07, 6.45) is 4.73. The van der Waals surface area contributed by atoms with E-state index in [0.717, 1.165) is 29.2 Å². The maximum Gasteiger partial charge on any atom is 0.332 e. The lowest BCUT2D eigenvalue weighted by atomic mass is 9.96. The number of hydrogen-bond acceptors (Lipinski definition) is 8. The van der Waals surface area contributed by atoms with Gasteiger partial charge in [-0.25, -0.2) is 4.79 Å². The van der Waals surface area contributed by atoms with E-state index in [2.05, 4.69) is 6.92 Å². The fourth-order valence-corrected chi connectivity index (χ4v) is 5.95. The zero-order valence-electron chi connectivity index (χ0n) is 20.8. The summed E-state index contributed by atoms with van der Waals surface area (Å²) in [5, 5.41) is 10.6. The highest BCUT2D eigenvalue weighted by molar-refractivity contribution is 8.14. The van der Waals surface area contributed by atoms with E-state index in [1.54, 1.807) is 25.8 Å². The molecule has 194 valence electrons. The van der Waals surface area contributed by atoms with Gasteiger partial charge >= 0.3 is 5.97 Å². The molecule has 9 heteroatoms. The second-order valence-corrected chi connectivity index (χ2v) is 10.5. The number of aliphatic imine (C=N–C) groups is 1. The first-order valence-corrected chi connectivity index (χ1v) is 13.5. The molecule has 1 aromatic carbocycles. The van der Waals surface area contributed by atoms with Crippen LogP contribution in [0.25, 0.3) is 0 Å². The second kappa shape index (κ2) is 12.5. The molecule has 3 heterocycles. The first-order valence-electron chi connectivity index (χ1n) is 12.7. The quantitative estimate of drug-likeness (QED) is 0.415. The number of rotatable bonds is 12. The van der Waals surface area contributed by atoms with Crippen molar-refractivity contribution in [2.75, 3.05) is 13.7 Å². The number of methoxy groups -OCH3 is 1. The van der Waals surface area contributed by atoms with Gasteiger partial charge in [0.2, 0.25) is 0 Å². The lowest BCUT2D eigenvalue weighted by molar-refractivity contribution is -0.307. The highest BCUT2D eigenvalue weighted by Crippen LogP contribution is 2.42. The first kappa shape index (κ1) is 26.4. The number of hydrogen-bond donors (Lipinski definition) is 1. The highest BCUT2D eigenvalue weighted by Gasteiger charge is 2.53. The van der Waals surface area contributed by atoms with Crippen molar-refractivity contribution in [1.82, 2.24) is 0 Å². The van der Waals surface area contributed by atoms with Gasteiger partial charge in [-0.05, 0) is 37.5 Å². The van der Waals surface area contributed by atoms with E-state index in [-0.39, 0.29) is 17.6 Å². The van der Waals surface area contributed by atoms with Crippen LogP contribution in [0.2, 0.25) is 0 Å². The van der Waals surface area contributed by atoms with Crippen molar-refractivity contribution in [3.8, 4) is 5.75 Å². The Labute approximate surface area is 211 Å². The average Bonchev–Trinajstić information content (AvgIpc) is 3.27. The second-order valence-electron chi connectivity index (χ2n) is 9.34. The minimum atomic E-state index is -1.00. The topological polar surface area (TPSA) is 95.8 Å². The molecule has 3 aliphatic heterocycles. The number of aliphatic carboxylic acids is 1. The van der Waals surface area contributed by atoms with Crippen LogP contribution >= 0.6 is 11.8 Å². The molecular formula is C26H37NO7S. The molecule has 7 atom stereocenters. The summed E-state index contributed by atoms with van der Waals surface area (Å²) in [5.41, 5.74) is 0.846. The maximum absolute atomic E-state index is 11.6. The molecule has 0 spiro atoms. The summed E-state index contributed by atoms with van der Waals surface area (Å²) < 4.78 is 30.0. The average molecular weight is 508 g/mol. The van der Waals surface area contributed by atoms with Gasteiger partial charge in [0.05, 0.1) is 18.8 Å². The molecule has 8 nitrogen and oxygen atoms in total. The molecule has 3 aliphatic rings. The molecule has 0 aromatic heterocycles. The van der Waals surface area contributed by atoms with E-state index in [4.69, 9.17) is 28.7 Å². The van der Waals surface area contributed by atoms with Crippen molar-refractivity contribution in [2.24, 2.45) is 4.99 Å². The molecular weight excluding hydrogens is 470 g/mol. The summed E-state index contributed by atoms with van der Waals surface area (Å²) in [6.45, 7) is 4.13. The normalized spacial score (nSPS) is 30.8. The van der Waals surface area contributed by atoms with Crippen LogP contribution in [0.5, 0.6) is 5.75 Å². The Kier molecular flexibility index (Phi) is 9.46. The van der Waals surface area contributed by atoms with Gasteiger partial charge in [0, 0.05) is 6.42 Å². The van der Waals surface area contributed by atoms with Crippen LogP contribution in [0.1, 0.15) is 57.9 Å². The largest absolute Gasteiger partial charge is 0.497 e. The standard InChI is InChI=1S/C26H37NO7S/c1-4-5-6-7-8-9-20-27-22-24(32-16(2)25(28)29)23-19(33-26(22)35-20)15-31-21(34-23)14-17-10-12-18(30-3)13-11-17/h10-13,16,19,21-24,26H,4-9,14-15H2,1-3H3,(H,28,29)/t16-,19-,21-,22-,23-,24-,26-/m1/s1. The molecule has 2 saturated heterocycles. The fourth-order valence-electron chi connectivity index (χ4n) is 4.69. The van der Waals surface area contributed by atoms with E-state index in [9.17, 15) is 9.90 Å². The van der Waals surface area contributed by atoms with Crippen molar-refractivity contribution in [3.05, 3.63) is 29.8 Å². The minimum absolute atomic E-state index is 0.210. The van der Waals surface area contributed by atoms with Crippen LogP contribution in [0.4, 0.5) is 0 Å². The number of carboxylic acid groups (broad SMARTS) is 1. The Hall–Kier alpha value is -1.65. The van der Waals surface area contributed by atoms with Crippen molar-refractivity contribution >= 4 is 22.8 Å². The van der Waals surface area contributed by atoms with Gasteiger partial charge in [-0.2, -0.15) is 0 Å². The lowest BCUT2D eigenvalue weighted by Crippen LogP contribution is -2.62. The van der Waals surface area contributed by atoms with Crippen molar-refractivity contribution in [2.45, 2.75) is 101 Å². The number of fused-ring (bicyclic) bond motifs is 2. The molecule has 1 aromatic rings. The van der Waals surface area contributed by atoms with E-state index in [1.165, 1.54) is 25.7 Å². The molecule has 0 amide bonds. The third-order valence-electron chi connectivity index (χ3n) is 6.68. The summed E-state index contributed by atoms with van der Waals surface area (Å²) in [7, 11) is 1.64. The number of benzene rings is 1. The van der Waals surface area contributed by atoms with Gasteiger partial charge < -0.3 is 28.8 Å². The van der Waals surface area contributed by atoms with Crippen molar-refractivity contribution in [1.29, 1.82) is 0 Å². The van der Waals surface area contributed by atoms with Gasteiger partial charge in [-0.1, -0.05) is 56.5 Å². The van der Waals surface area contributed by atoms with Crippen LogP contribution in [0, 0.1) is 0 Å². The SMILES string of the molecule is CCCCCCCC1=N[C@@H]2[C@@H](O[C@H](C)C(=O)O)[C@@H]3O[C@H](Cc4ccc(OC)cc4)OC[C@H]3O[C@@H]2S1. The molecule has 35 heavy (non-hydrogen) atoms. The zero-order chi connectivity index (χ0) is 24.8. The Morgan fingerprint density at radius 1 is 1.20 bits per heavy atom. The number of thioether (sulfide) groups is 1. The Morgan fingerprint density at radius 3 is 2.69 bits per heavy atom. The molecule has 1 N–H and O–H groups in total. The number of carbonyl (C=O) groups is 1. The molecule has 0 bridgehead atoms. The van der Waals surface area contributed by atoms with Gasteiger partial charge in [0.15, 0.2) is 12.4 Å². The molecule has 0 saturated carbocycles. The van der Waals surface area contributed by atoms with Gasteiger partial charge in [-0.3, -0.25) is 4.99 Å². The van der Waals surface area contributed by atoms with Crippen LogP contribution in [-0.2, 0) is 30.2 Å². The summed E-state index contributed by atoms with van der Waals surface area (Å²) in [6, 6.07) is 7.48. The van der Waals surface area contributed by atoms with Crippen LogP contribution in [-0.4, -0.2) is 72.0 Å². The fraction of sp³-hybridized carbons (Fsp3) is 0.692. The Balaban J connectivity index is 1.44. The Bertz CT molecular complexity index is 864. The van der Waals surface area contributed by atoms with Crippen molar-refractivity contribution < 1.29 is 33.6 Å². The maximum atomic E-state index is 11.6. The first-order chi connectivity index (χ1) is 17.0. The van der Waals surface area contributed by atoms with Crippen LogP contribution in [0.3, 0.4) is 0 Å². The van der Waals surface area contributed by atoms with E-state index in [0.29, 0.717) is 13.0 Å². The molecule has 4 rings (SSSR count). The molecule has 2 fully saturated rings. The molecule has 0 aliphatic carbocycles. The number of carboxylic acids is 1. The van der Waals surface area contributed by atoms with Gasteiger partial charge in [-0.15, -0.1) is 0 Å². The summed E-state index contributed by atoms with van der Waals surface area (Å²) in [5.74, 6) is -0.211. The molecule has 0 radical (unpaired) electrons. The lowest BCUT2D eigenvalue weighted by Gasteiger charge is -2.47. The monoisotopic (exact) mass is 507 g/mol. The highest BCUT2D eigenvalue weighted by atomic mass is 32.2. The van der Waals surface area contributed by atoms with E-state index < -0.39 is 30.6 Å². The number of nitrogens with zero attached hydrogens (tertiary/aromatic N) is 1. The van der Waals surface area contributed by atoms with Crippen LogP contribution in [0.15, 0.2) is 29.3 Å². The van der Waals surface area contributed by atoms with E-state index in [1.807, 2.05) is 24.3 Å². The summed E-state index contributed by atoms with van der Waals surface area (Å²) >= 11 is 1.64. The third kappa shape index (κ3) is 6.77. The summed E-state index contributed by atoms with van der Waals surface area (Å²) in [4.78, 5) is 16.5. The number of unbranched alkanes of at least 4 members (excludes halogenated alkanes) is 4. The smallest absolute Gasteiger partial charge is 0.332 e.